The van der Waals surface area contributed by atoms with Gasteiger partial charge in [0.15, 0.2) is 0 Å². The first kappa shape index (κ1) is 30.5. The predicted octanol–water partition coefficient (Wildman–Crippen LogP) is 13.3. The van der Waals surface area contributed by atoms with Crippen molar-refractivity contribution in [1.82, 2.24) is 0 Å². The van der Waals surface area contributed by atoms with Gasteiger partial charge in [0.1, 0.15) is 11.5 Å². The first-order valence-electron chi connectivity index (χ1n) is 19.2. The number of ether oxygens (including phenoxy) is 1. The van der Waals surface area contributed by atoms with Crippen molar-refractivity contribution in [3.05, 3.63) is 251 Å². The van der Waals surface area contributed by atoms with E-state index in [4.69, 9.17) is 4.74 Å². The molecule has 9 aromatic carbocycles. The Morgan fingerprint density at radius 2 is 0.764 bits per heavy atom. The Balaban J connectivity index is 1.11. The van der Waals surface area contributed by atoms with E-state index in [-0.39, 0.29) is 0 Å². The van der Waals surface area contributed by atoms with E-state index in [0.29, 0.717) is 0 Å². The summed E-state index contributed by atoms with van der Waals surface area (Å²) in [7, 11) is 0. The van der Waals surface area contributed by atoms with Crippen molar-refractivity contribution in [3.8, 4) is 44.9 Å². The quantitative estimate of drug-likeness (QED) is 0.178. The molecule has 0 aromatic heterocycles. The lowest BCUT2D eigenvalue weighted by Gasteiger charge is -2.39. The third kappa shape index (κ3) is 3.97. The van der Waals surface area contributed by atoms with Crippen molar-refractivity contribution < 1.29 is 4.74 Å². The summed E-state index contributed by atoms with van der Waals surface area (Å²) in [5.41, 5.74) is 16.6. The van der Waals surface area contributed by atoms with Gasteiger partial charge in [-0.05, 0) is 108 Å². The first-order valence-corrected chi connectivity index (χ1v) is 19.2. The molecule has 3 aliphatic rings. The normalized spacial score (nSPS) is 14.6. The minimum Gasteiger partial charge on any atom is -0.457 e. The average Bonchev–Trinajstić information content (AvgIpc) is 3.71. The third-order valence-electron chi connectivity index (χ3n) is 12.6. The van der Waals surface area contributed by atoms with Crippen molar-refractivity contribution >= 4 is 10.8 Å². The zero-order valence-corrected chi connectivity index (χ0v) is 30.0. The molecule has 1 heterocycles. The maximum absolute atomic E-state index is 6.92. The van der Waals surface area contributed by atoms with Gasteiger partial charge < -0.3 is 4.74 Å². The fourth-order valence-corrected chi connectivity index (χ4v) is 10.4. The molecule has 0 fully saturated rings. The molecule has 1 spiro atoms. The van der Waals surface area contributed by atoms with Crippen molar-refractivity contribution in [2.75, 3.05) is 0 Å². The summed E-state index contributed by atoms with van der Waals surface area (Å²) in [5.74, 6) is 1.80. The van der Waals surface area contributed by atoms with Crippen LogP contribution >= 0.6 is 0 Å². The number of hydrogen-bond acceptors (Lipinski definition) is 1. The summed E-state index contributed by atoms with van der Waals surface area (Å²) in [6, 6.07) is 76.2. The van der Waals surface area contributed by atoms with E-state index in [1.165, 1.54) is 83.1 Å². The summed E-state index contributed by atoms with van der Waals surface area (Å²) in [4.78, 5) is 0. The van der Waals surface area contributed by atoms with Crippen LogP contribution in [0.1, 0.15) is 44.5 Å². The Morgan fingerprint density at radius 3 is 1.45 bits per heavy atom. The largest absolute Gasteiger partial charge is 0.457 e. The summed E-state index contributed by atoms with van der Waals surface area (Å²) in [5, 5.41) is 2.51. The molecule has 0 N–H and O–H groups in total. The molecule has 0 saturated heterocycles. The van der Waals surface area contributed by atoms with E-state index in [0.717, 1.165) is 17.1 Å². The van der Waals surface area contributed by atoms with Crippen molar-refractivity contribution in [2.45, 2.75) is 10.8 Å². The highest BCUT2D eigenvalue weighted by atomic mass is 16.5. The SMILES string of the molecule is c1ccc(C2(c3ccccc3)c3cc(-c4ccc5c(c4)Oc4ccccc4C54c5ccccc5-c5ccccc54)ccc3-c3cc4ccccc4cc32)cc1. The van der Waals surface area contributed by atoms with Gasteiger partial charge in [0, 0.05) is 11.1 Å². The Bertz CT molecular complexity index is 2930. The fraction of sp³-hybridized carbons (Fsp3) is 0.0370. The molecule has 0 atom stereocenters. The molecule has 2 aliphatic carbocycles. The zero-order chi connectivity index (χ0) is 36.1. The van der Waals surface area contributed by atoms with Crippen LogP contribution < -0.4 is 4.74 Å². The van der Waals surface area contributed by atoms with Gasteiger partial charge in [0.2, 0.25) is 0 Å². The number of hydrogen-bond donors (Lipinski definition) is 0. The van der Waals surface area contributed by atoms with Crippen LogP contribution in [-0.2, 0) is 10.8 Å². The minimum absolute atomic E-state index is 0.479. The van der Waals surface area contributed by atoms with Crippen LogP contribution in [0, 0.1) is 0 Å². The molecule has 55 heavy (non-hydrogen) atoms. The molecule has 0 unspecified atom stereocenters. The number of benzene rings is 9. The topological polar surface area (TPSA) is 9.23 Å². The minimum atomic E-state index is -0.502. The van der Waals surface area contributed by atoms with E-state index < -0.39 is 10.8 Å². The Morgan fingerprint density at radius 1 is 0.273 bits per heavy atom. The van der Waals surface area contributed by atoms with Gasteiger partial charge in [-0.2, -0.15) is 0 Å². The van der Waals surface area contributed by atoms with Crippen LogP contribution in [-0.4, -0.2) is 0 Å². The predicted molar refractivity (Wildman–Crippen MR) is 224 cm³/mol. The lowest BCUT2D eigenvalue weighted by molar-refractivity contribution is 0.436. The number of rotatable bonds is 3. The summed E-state index contributed by atoms with van der Waals surface area (Å²) >= 11 is 0. The van der Waals surface area contributed by atoms with E-state index in [2.05, 4.69) is 206 Å². The van der Waals surface area contributed by atoms with Crippen molar-refractivity contribution in [3.63, 3.8) is 0 Å². The molecule has 0 radical (unpaired) electrons. The van der Waals surface area contributed by atoms with Crippen LogP contribution in [0.5, 0.6) is 11.5 Å². The average molecular weight is 699 g/mol. The van der Waals surface area contributed by atoms with Gasteiger partial charge in [0.25, 0.3) is 0 Å². The molecule has 1 nitrogen and oxygen atoms in total. The van der Waals surface area contributed by atoms with Gasteiger partial charge in [-0.15, -0.1) is 0 Å². The molecular weight excluding hydrogens is 665 g/mol. The summed E-state index contributed by atoms with van der Waals surface area (Å²) < 4.78 is 6.92. The van der Waals surface area contributed by atoms with Crippen LogP contribution in [0.4, 0.5) is 0 Å². The summed E-state index contributed by atoms with van der Waals surface area (Å²) in [6.45, 7) is 0. The van der Waals surface area contributed by atoms with Crippen molar-refractivity contribution in [2.24, 2.45) is 0 Å². The third-order valence-corrected chi connectivity index (χ3v) is 12.6. The van der Waals surface area contributed by atoms with Gasteiger partial charge in [-0.1, -0.05) is 176 Å². The second-order valence-corrected chi connectivity index (χ2v) is 15.1. The molecule has 0 saturated carbocycles. The molecule has 0 amide bonds. The van der Waals surface area contributed by atoms with E-state index in [1.807, 2.05) is 0 Å². The maximum Gasteiger partial charge on any atom is 0.132 e. The van der Waals surface area contributed by atoms with Crippen LogP contribution in [0.3, 0.4) is 0 Å². The summed E-state index contributed by atoms with van der Waals surface area (Å²) in [6.07, 6.45) is 0. The van der Waals surface area contributed by atoms with E-state index in [1.54, 1.807) is 0 Å². The molecule has 12 rings (SSSR count). The zero-order valence-electron chi connectivity index (χ0n) is 30.0. The highest BCUT2D eigenvalue weighted by Gasteiger charge is 2.51. The number of para-hydroxylation sites is 1. The van der Waals surface area contributed by atoms with Crippen LogP contribution in [0.2, 0.25) is 0 Å². The molecule has 256 valence electrons. The van der Waals surface area contributed by atoms with Gasteiger partial charge in [0.05, 0.1) is 10.8 Å². The standard InChI is InChI=1S/C54H34O/c1-3-17-39(18-4-1)53(40-19-5-2-6-20-40)49-33-37(27-29-43(49)44-31-35-15-7-8-16-36(35)32-50(44)53)38-28-30-48-52(34-38)55-51-26-14-13-25-47(51)54(48)45-23-11-9-21-41(45)42-22-10-12-24-46(42)54/h1-34H. The highest BCUT2D eigenvalue weighted by Crippen LogP contribution is 2.63. The fourth-order valence-electron chi connectivity index (χ4n) is 10.4. The Hall–Kier alpha value is -6.96. The van der Waals surface area contributed by atoms with Gasteiger partial charge >= 0.3 is 0 Å². The highest BCUT2D eigenvalue weighted by molar-refractivity contribution is 5.97. The smallest absolute Gasteiger partial charge is 0.132 e. The van der Waals surface area contributed by atoms with Crippen LogP contribution in [0.15, 0.2) is 206 Å². The molecule has 0 bridgehead atoms. The lowest BCUT2D eigenvalue weighted by atomic mass is 9.66. The lowest BCUT2D eigenvalue weighted by Crippen LogP contribution is -2.32. The second kappa shape index (κ2) is 11.3. The van der Waals surface area contributed by atoms with Crippen LogP contribution in [0.25, 0.3) is 44.2 Å². The molecule has 1 heteroatoms. The van der Waals surface area contributed by atoms with E-state index >= 15 is 0 Å². The molecule has 9 aromatic rings. The van der Waals surface area contributed by atoms with Gasteiger partial charge in [-0.25, -0.2) is 0 Å². The van der Waals surface area contributed by atoms with Gasteiger partial charge in [-0.3, -0.25) is 0 Å². The second-order valence-electron chi connectivity index (χ2n) is 15.1. The Kier molecular flexibility index (Phi) is 6.25. The van der Waals surface area contributed by atoms with E-state index in [9.17, 15) is 0 Å². The Labute approximate surface area is 320 Å². The van der Waals surface area contributed by atoms with Crippen molar-refractivity contribution in [1.29, 1.82) is 0 Å². The monoisotopic (exact) mass is 698 g/mol. The first-order chi connectivity index (χ1) is 27.3. The number of fused-ring (bicyclic) bond motifs is 13. The maximum atomic E-state index is 6.92. The molecule has 1 aliphatic heterocycles. The molecular formula is C54H34O.